The van der Waals surface area contributed by atoms with Crippen LogP contribution in [0.15, 0.2) is 22.8 Å². The smallest absolute Gasteiger partial charge is 0.138 e. The first-order valence-corrected chi connectivity index (χ1v) is 5.65. The van der Waals surface area contributed by atoms with E-state index in [-0.39, 0.29) is 5.82 Å². The molecule has 0 bridgehead atoms. The molecule has 0 spiro atoms. The van der Waals surface area contributed by atoms with E-state index in [9.17, 15) is 4.39 Å². The number of aromatic nitrogens is 2. The second kappa shape index (κ2) is 3.23. The molecule has 1 aromatic carbocycles. The van der Waals surface area contributed by atoms with Crippen molar-refractivity contribution in [2.45, 2.75) is 18.8 Å². The predicted molar refractivity (Wildman–Crippen MR) is 59.2 cm³/mol. The molecule has 3 rings (SSSR count). The van der Waals surface area contributed by atoms with Crippen LogP contribution in [-0.2, 0) is 0 Å². The minimum absolute atomic E-state index is 0.239. The lowest BCUT2D eigenvalue weighted by atomic mass is 10.1. The van der Waals surface area contributed by atoms with Crippen LogP contribution in [-0.4, -0.2) is 10.2 Å². The summed E-state index contributed by atoms with van der Waals surface area (Å²) in [5, 5.41) is 8.86. The Balaban J connectivity index is 2.32. The van der Waals surface area contributed by atoms with E-state index in [1.54, 1.807) is 18.3 Å². The molecule has 1 aromatic heterocycles. The van der Waals surface area contributed by atoms with Crippen molar-refractivity contribution in [2.24, 2.45) is 0 Å². The summed E-state index contributed by atoms with van der Waals surface area (Å²) in [6.07, 6.45) is 4.12. The Morgan fingerprint density at radius 2 is 2.13 bits per heavy atom. The van der Waals surface area contributed by atoms with Gasteiger partial charge in [-0.15, -0.1) is 0 Å². The molecule has 1 saturated carbocycles. The Morgan fingerprint density at radius 1 is 1.33 bits per heavy atom. The third-order valence-corrected chi connectivity index (χ3v) is 3.34. The van der Waals surface area contributed by atoms with Gasteiger partial charge in [0.15, 0.2) is 0 Å². The summed E-state index contributed by atoms with van der Waals surface area (Å²) < 4.78 is 13.9. The van der Waals surface area contributed by atoms with Gasteiger partial charge in [0.25, 0.3) is 0 Å². The number of hydrogen-bond acceptors (Lipinski definition) is 2. The maximum Gasteiger partial charge on any atom is 0.138 e. The number of benzene rings is 1. The molecule has 4 heteroatoms. The molecule has 1 aliphatic rings. The first kappa shape index (κ1) is 9.21. The minimum atomic E-state index is -0.239. The summed E-state index contributed by atoms with van der Waals surface area (Å²) in [4.78, 5) is 0. The zero-order chi connectivity index (χ0) is 10.4. The molecule has 0 amide bonds. The number of fused-ring (bicyclic) bond motifs is 1. The Kier molecular flexibility index (Phi) is 1.99. The van der Waals surface area contributed by atoms with Crippen molar-refractivity contribution in [2.75, 3.05) is 0 Å². The van der Waals surface area contributed by atoms with Gasteiger partial charge in [-0.1, -0.05) is 0 Å². The molecule has 1 aliphatic carbocycles. The van der Waals surface area contributed by atoms with Crippen molar-refractivity contribution >= 4 is 26.8 Å². The largest absolute Gasteiger partial charge is 0.206 e. The lowest BCUT2D eigenvalue weighted by Crippen LogP contribution is -1.91. The van der Waals surface area contributed by atoms with Gasteiger partial charge in [0, 0.05) is 5.39 Å². The van der Waals surface area contributed by atoms with Gasteiger partial charge in [-0.2, -0.15) is 10.2 Å². The fourth-order valence-electron chi connectivity index (χ4n) is 1.79. The van der Waals surface area contributed by atoms with Crippen LogP contribution < -0.4 is 0 Å². The topological polar surface area (TPSA) is 25.8 Å². The molecular weight excluding hydrogens is 259 g/mol. The SMILES string of the molecule is Fc1cc2c(C3CC3)cnnc2cc1Br. The highest BCUT2D eigenvalue weighted by Crippen LogP contribution is 2.42. The van der Waals surface area contributed by atoms with Gasteiger partial charge >= 0.3 is 0 Å². The van der Waals surface area contributed by atoms with Gasteiger partial charge in [-0.3, -0.25) is 0 Å². The van der Waals surface area contributed by atoms with Crippen molar-refractivity contribution in [3.8, 4) is 0 Å². The van der Waals surface area contributed by atoms with Crippen LogP contribution in [0, 0.1) is 5.82 Å². The van der Waals surface area contributed by atoms with Crippen LogP contribution in [0.2, 0.25) is 0 Å². The van der Waals surface area contributed by atoms with Crippen molar-refractivity contribution in [3.05, 3.63) is 34.2 Å². The molecule has 0 unspecified atom stereocenters. The van der Waals surface area contributed by atoms with Crippen LogP contribution in [0.5, 0.6) is 0 Å². The first-order valence-electron chi connectivity index (χ1n) is 4.86. The van der Waals surface area contributed by atoms with Crippen LogP contribution >= 0.6 is 15.9 Å². The van der Waals surface area contributed by atoms with E-state index in [2.05, 4.69) is 26.1 Å². The van der Waals surface area contributed by atoms with Crippen molar-refractivity contribution < 1.29 is 4.39 Å². The van der Waals surface area contributed by atoms with E-state index in [0.717, 1.165) is 16.5 Å². The fraction of sp³-hybridized carbons (Fsp3) is 0.273. The first-order chi connectivity index (χ1) is 7.25. The Hall–Kier alpha value is -1.03. The quantitative estimate of drug-likeness (QED) is 0.791. The molecule has 0 N–H and O–H groups in total. The molecule has 15 heavy (non-hydrogen) atoms. The zero-order valence-corrected chi connectivity index (χ0v) is 9.46. The summed E-state index contributed by atoms with van der Waals surface area (Å²) in [5.74, 6) is 0.320. The van der Waals surface area contributed by atoms with Crippen molar-refractivity contribution in [1.82, 2.24) is 10.2 Å². The number of halogens is 2. The third kappa shape index (κ3) is 1.53. The molecular formula is C11H8BrFN2. The predicted octanol–water partition coefficient (Wildman–Crippen LogP) is 3.41. The normalized spacial score (nSPS) is 15.9. The average Bonchev–Trinajstić information content (AvgIpc) is 3.02. The van der Waals surface area contributed by atoms with E-state index >= 15 is 0 Å². The summed E-state index contributed by atoms with van der Waals surface area (Å²) in [5.41, 5.74) is 1.89. The van der Waals surface area contributed by atoms with E-state index in [1.807, 2.05) is 0 Å². The Morgan fingerprint density at radius 3 is 2.87 bits per heavy atom. The van der Waals surface area contributed by atoms with Crippen molar-refractivity contribution in [3.63, 3.8) is 0 Å². The van der Waals surface area contributed by atoms with E-state index in [4.69, 9.17) is 0 Å². The lowest BCUT2D eigenvalue weighted by Gasteiger charge is -2.04. The minimum Gasteiger partial charge on any atom is -0.206 e. The molecule has 1 heterocycles. The fourth-order valence-corrected chi connectivity index (χ4v) is 2.12. The van der Waals surface area contributed by atoms with E-state index < -0.39 is 0 Å². The molecule has 2 aromatic rings. The molecule has 2 nitrogen and oxygen atoms in total. The number of rotatable bonds is 1. The van der Waals surface area contributed by atoms with Gasteiger partial charge in [0.1, 0.15) is 5.82 Å². The number of hydrogen-bond donors (Lipinski definition) is 0. The molecule has 0 radical (unpaired) electrons. The highest BCUT2D eigenvalue weighted by molar-refractivity contribution is 9.10. The van der Waals surface area contributed by atoms with E-state index in [0.29, 0.717) is 10.4 Å². The van der Waals surface area contributed by atoms with E-state index in [1.165, 1.54) is 12.8 Å². The highest BCUT2D eigenvalue weighted by atomic mass is 79.9. The van der Waals surface area contributed by atoms with Gasteiger partial charge in [0.2, 0.25) is 0 Å². The average molecular weight is 267 g/mol. The van der Waals surface area contributed by atoms with Gasteiger partial charge < -0.3 is 0 Å². The molecule has 76 valence electrons. The lowest BCUT2D eigenvalue weighted by molar-refractivity contribution is 0.622. The van der Waals surface area contributed by atoms with Crippen LogP contribution in [0.1, 0.15) is 24.3 Å². The van der Waals surface area contributed by atoms with Crippen LogP contribution in [0.3, 0.4) is 0 Å². The summed E-state index contributed by atoms with van der Waals surface area (Å²) in [6, 6.07) is 3.23. The van der Waals surface area contributed by atoms with Crippen LogP contribution in [0.25, 0.3) is 10.9 Å². The molecule has 0 atom stereocenters. The second-order valence-corrected chi connectivity index (χ2v) is 4.71. The van der Waals surface area contributed by atoms with Crippen LogP contribution in [0.4, 0.5) is 4.39 Å². The monoisotopic (exact) mass is 266 g/mol. The molecule has 1 fully saturated rings. The third-order valence-electron chi connectivity index (χ3n) is 2.73. The maximum atomic E-state index is 13.4. The zero-order valence-electron chi connectivity index (χ0n) is 7.87. The maximum absolute atomic E-state index is 13.4. The Bertz CT molecular complexity index is 537. The summed E-state index contributed by atoms with van der Waals surface area (Å²) in [7, 11) is 0. The van der Waals surface area contributed by atoms with Gasteiger partial charge in [0.05, 0.1) is 16.2 Å². The molecule has 0 aliphatic heterocycles. The van der Waals surface area contributed by atoms with Gasteiger partial charge in [-0.25, -0.2) is 4.39 Å². The highest BCUT2D eigenvalue weighted by Gasteiger charge is 2.26. The Labute approximate surface area is 94.6 Å². The number of nitrogens with zero attached hydrogens (tertiary/aromatic N) is 2. The summed E-state index contributed by atoms with van der Waals surface area (Å²) >= 11 is 3.15. The standard InChI is InChI=1S/C11H8BrFN2/c12-9-4-11-7(3-10(9)13)8(5-14-15-11)6-1-2-6/h3-6H,1-2H2. The molecule has 0 saturated heterocycles. The van der Waals surface area contributed by atoms with Crippen molar-refractivity contribution in [1.29, 1.82) is 0 Å². The summed E-state index contributed by atoms with van der Waals surface area (Å²) in [6.45, 7) is 0. The second-order valence-electron chi connectivity index (χ2n) is 3.86. The van der Waals surface area contributed by atoms with Gasteiger partial charge in [-0.05, 0) is 52.4 Å².